The molecule has 0 atom stereocenters. The van der Waals surface area contributed by atoms with Gasteiger partial charge >= 0.3 is 17.9 Å². The van der Waals surface area contributed by atoms with Crippen LogP contribution in [-0.4, -0.2) is 71.7 Å². The molecule has 0 amide bonds. The van der Waals surface area contributed by atoms with E-state index in [0.717, 1.165) is 0 Å². The fourth-order valence-corrected chi connectivity index (χ4v) is 2.75. The topological polar surface area (TPSA) is 148 Å². The second-order valence-electron chi connectivity index (χ2n) is 3.61. The number of hydrogen-bond acceptors (Lipinski definition) is 6. The zero-order chi connectivity index (χ0) is 14.7. The normalized spacial score (nSPS) is 10.6. The highest BCUT2D eigenvalue weighted by atomic mass is 31.1. The Morgan fingerprint density at radius 3 is 1.16 bits per heavy atom. The summed E-state index contributed by atoms with van der Waals surface area (Å²) in [6.45, 7) is -0.552. The van der Waals surface area contributed by atoms with E-state index in [1.54, 1.807) is 0 Å². The molecule has 9 nitrogen and oxygen atoms in total. The lowest BCUT2D eigenvalue weighted by Crippen LogP contribution is -2.31. The maximum Gasteiger partial charge on any atom is 0.317 e. The summed E-state index contributed by atoms with van der Waals surface area (Å²) in [5.41, 5.74) is 0. The van der Waals surface area contributed by atoms with Crippen LogP contribution < -0.4 is 16.0 Å². The van der Waals surface area contributed by atoms with Gasteiger partial charge in [0.25, 0.3) is 0 Å². The van der Waals surface area contributed by atoms with E-state index in [2.05, 4.69) is 16.0 Å². The number of carboxylic acid groups (broad SMARTS) is 3. The summed E-state index contributed by atoms with van der Waals surface area (Å²) in [4.78, 5) is 31.0. The van der Waals surface area contributed by atoms with Crippen molar-refractivity contribution in [1.29, 1.82) is 0 Å². The van der Waals surface area contributed by atoms with Gasteiger partial charge < -0.3 is 31.3 Å². The molecule has 0 unspecified atom stereocenters. The van der Waals surface area contributed by atoms with Crippen molar-refractivity contribution in [1.82, 2.24) is 16.0 Å². The maximum absolute atomic E-state index is 10.3. The molecule has 6 N–H and O–H groups in total. The monoisotopic (exact) mass is 295 g/mol. The molecular formula is C9H18N3O6P. The van der Waals surface area contributed by atoms with Crippen molar-refractivity contribution < 1.29 is 29.7 Å². The first-order valence-electron chi connectivity index (χ1n) is 5.41. The number of hydrogen-bond donors (Lipinski definition) is 6. The van der Waals surface area contributed by atoms with Crippen molar-refractivity contribution >= 4 is 25.8 Å². The summed E-state index contributed by atoms with van der Waals surface area (Å²) in [5, 5.41) is 33.6. The molecule has 0 aliphatic rings. The molecule has 0 radical (unpaired) electrons. The Bertz CT molecular complexity index is 267. The van der Waals surface area contributed by atoms with Crippen LogP contribution in [0.5, 0.6) is 0 Å². The Kier molecular flexibility index (Phi) is 9.91. The van der Waals surface area contributed by atoms with Gasteiger partial charge in [-0.05, 0) is 0 Å². The second kappa shape index (κ2) is 10.6. The van der Waals surface area contributed by atoms with E-state index in [1.165, 1.54) is 0 Å². The van der Waals surface area contributed by atoms with Crippen LogP contribution in [0.15, 0.2) is 0 Å². The molecule has 0 aromatic rings. The van der Waals surface area contributed by atoms with Crippen LogP contribution in [0.4, 0.5) is 0 Å². The molecule has 110 valence electrons. The average molecular weight is 295 g/mol. The molecule has 0 heterocycles. The minimum Gasteiger partial charge on any atom is -0.480 e. The van der Waals surface area contributed by atoms with Crippen molar-refractivity contribution in [3.63, 3.8) is 0 Å². The highest BCUT2D eigenvalue weighted by Crippen LogP contribution is 2.30. The van der Waals surface area contributed by atoms with Gasteiger partial charge in [-0.3, -0.25) is 14.4 Å². The van der Waals surface area contributed by atoms with E-state index in [9.17, 15) is 14.4 Å². The Balaban J connectivity index is 3.94. The molecule has 0 bridgehead atoms. The lowest BCUT2D eigenvalue weighted by atomic mass is 10.7. The van der Waals surface area contributed by atoms with Crippen LogP contribution in [-0.2, 0) is 14.4 Å². The number of carbonyl (C=O) groups is 3. The highest BCUT2D eigenvalue weighted by Gasteiger charge is 2.09. The molecule has 19 heavy (non-hydrogen) atoms. The number of rotatable bonds is 12. The minimum absolute atomic E-state index is 0.184. The molecule has 0 aromatic heterocycles. The third kappa shape index (κ3) is 13.0. The zero-order valence-electron chi connectivity index (χ0n) is 10.3. The lowest BCUT2D eigenvalue weighted by molar-refractivity contribution is -0.136. The van der Waals surface area contributed by atoms with Gasteiger partial charge in [0.15, 0.2) is 0 Å². The summed E-state index contributed by atoms with van der Waals surface area (Å²) in [5.74, 6) is -2.94. The molecule has 0 spiro atoms. The Morgan fingerprint density at radius 1 is 0.684 bits per heavy atom. The molecule has 0 aliphatic heterocycles. The standard InChI is InChI=1S/C9H18N3O6P/c13-7(14)1-10-4-19(5-11-2-8(15)16)6-12-3-9(17)18/h10-12H,1-6H2,(H,13,14)(H,15,16)(H,17,18). The van der Waals surface area contributed by atoms with E-state index in [-0.39, 0.29) is 19.6 Å². The summed E-state index contributed by atoms with van der Waals surface area (Å²) in [7, 11) is -0.776. The van der Waals surface area contributed by atoms with Crippen LogP contribution >= 0.6 is 7.92 Å². The summed E-state index contributed by atoms with van der Waals surface area (Å²) >= 11 is 0. The van der Waals surface area contributed by atoms with Crippen molar-refractivity contribution in [2.45, 2.75) is 0 Å². The first-order valence-corrected chi connectivity index (χ1v) is 7.31. The van der Waals surface area contributed by atoms with E-state index in [4.69, 9.17) is 15.3 Å². The van der Waals surface area contributed by atoms with E-state index >= 15 is 0 Å². The van der Waals surface area contributed by atoms with E-state index in [0.29, 0.717) is 18.9 Å². The average Bonchev–Trinajstić information content (AvgIpc) is 2.26. The Morgan fingerprint density at radius 2 is 0.947 bits per heavy atom. The third-order valence-corrected chi connectivity index (χ3v) is 3.85. The number of aliphatic carboxylic acids is 3. The predicted molar refractivity (Wildman–Crippen MR) is 68.4 cm³/mol. The summed E-state index contributed by atoms with van der Waals surface area (Å²) < 4.78 is 0. The SMILES string of the molecule is O=C(O)CNCP(CNCC(=O)O)CNCC(=O)O. The highest BCUT2D eigenvalue weighted by molar-refractivity contribution is 7.57. The maximum atomic E-state index is 10.3. The molecule has 0 saturated heterocycles. The fourth-order valence-electron chi connectivity index (χ4n) is 1.13. The summed E-state index contributed by atoms with van der Waals surface area (Å²) in [6, 6.07) is 0. The smallest absolute Gasteiger partial charge is 0.317 e. The number of nitrogens with one attached hydrogen (secondary N) is 3. The fraction of sp³-hybridized carbons (Fsp3) is 0.667. The molecular weight excluding hydrogens is 277 g/mol. The molecule has 0 fully saturated rings. The van der Waals surface area contributed by atoms with E-state index in [1.807, 2.05) is 0 Å². The first kappa shape index (κ1) is 17.7. The van der Waals surface area contributed by atoms with Crippen LogP contribution in [0.3, 0.4) is 0 Å². The van der Waals surface area contributed by atoms with Gasteiger partial charge in [0, 0.05) is 18.9 Å². The van der Waals surface area contributed by atoms with Gasteiger partial charge in [-0.1, -0.05) is 7.92 Å². The van der Waals surface area contributed by atoms with Gasteiger partial charge in [-0.15, -0.1) is 0 Å². The lowest BCUT2D eigenvalue weighted by Gasteiger charge is -2.18. The summed E-state index contributed by atoms with van der Waals surface area (Å²) in [6.07, 6.45) is 1.21. The Hall–Kier alpha value is -1.28. The van der Waals surface area contributed by atoms with Crippen LogP contribution in [0, 0.1) is 0 Å². The van der Waals surface area contributed by atoms with Crippen LogP contribution in [0.2, 0.25) is 0 Å². The quantitative estimate of drug-likeness (QED) is 0.233. The van der Waals surface area contributed by atoms with Gasteiger partial charge in [0.05, 0.1) is 19.6 Å². The largest absolute Gasteiger partial charge is 0.480 e. The molecule has 10 heteroatoms. The van der Waals surface area contributed by atoms with Crippen molar-refractivity contribution in [2.75, 3.05) is 38.5 Å². The second-order valence-corrected chi connectivity index (χ2v) is 5.90. The number of carboxylic acids is 3. The first-order chi connectivity index (χ1) is 8.91. The van der Waals surface area contributed by atoms with Crippen LogP contribution in [0.1, 0.15) is 0 Å². The predicted octanol–water partition coefficient (Wildman–Crippen LogP) is -1.64. The Labute approximate surface area is 111 Å². The van der Waals surface area contributed by atoms with Crippen molar-refractivity contribution in [2.24, 2.45) is 0 Å². The molecule has 0 aromatic carbocycles. The van der Waals surface area contributed by atoms with Gasteiger partial charge in [0.2, 0.25) is 0 Å². The molecule has 0 saturated carbocycles. The molecule has 0 aliphatic carbocycles. The minimum atomic E-state index is -0.980. The van der Waals surface area contributed by atoms with Gasteiger partial charge in [-0.25, -0.2) is 0 Å². The van der Waals surface area contributed by atoms with Crippen molar-refractivity contribution in [3.8, 4) is 0 Å². The van der Waals surface area contributed by atoms with Gasteiger partial charge in [-0.2, -0.15) is 0 Å². The van der Waals surface area contributed by atoms with Gasteiger partial charge in [0.1, 0.15) is 0 Å². The molecule has 0 rings (SSSR count). The zero-order valence-corrected chi connectivity index (χ0v) is 11.2. The third-order valence-electron chi connectivity index (χ3n) is 1.83. The van der Waals surface area contributed by atoms with Crippen LogP contribution in [0.25, 0.3) is 0 Å². The van der Waals surface area contributed by atoms with E-state index < -0.39 is 25.8 Å². The van der Waals surface area contributed by atoms with Crippen molar-refractivity contribution in [3.05, 3.63) is 0 Å².